The molecule has 0 aliphatic heterocycles. The Bertz CT molecular complexity index is 1110. The van der Waals surface area contributed by atoms with E-state index >= 15 is 0 Å². The molecule has 0 spiro atoms. The number of nitrogens with one attached hydrogen (secondary N) is 1. The molecule has 0 radical (unpaired) electrons. The quantitative estimate of drug-likeness (QED) is 0.457. The van der Waals surface area contributed by atoms with Crippen LogP contribution in [0.5, 0.6) is 0 Å². The Balaban J connectivity index is 1.68. The van der Waals surface area contributed by atoms with Gasteiger partial charge in [0.2, 0.25) is 5.78 Å². The third kappa shape index (κ3) is 3.72. The fourth-order valence-corrected chi connectivity index (χ4v) is 3.36. The lowest BCUT2D eigenvalue weighted by Crippen LogP contribution is -2.04. The number of carbonyl (C=O) groups is 1. The summed E-state index contributed by atoms with van der Waals surface area (Å²) in [6.07, 6.45) is 3.54. The molecular formula is C22H20ClN3O2. The van der Waals surface area contributed by atoms with Crippen molar-refractivity contribution in [1.29, 1.82) is 0 Å². The maximum Gasteiger partial charge on any atom is 0.230 e. The third-order valence-corrected chi connectivity index (χ3v) is 4.86. The van der Waals surface area contributed by atoms with Crippen molar-refractivity contribution in [3.63, 3.8) is 0 Å². The van der Waals surface area contributed by atoms with Crippen LogP contribution in [-0.2, 0) is 17.9 Å². The number of hydrogen-bond donors (Lipinski definition) is 1. The van der Waals surface area contributed by atoms with Gasteiger partial charge in [0, 0.05) is 35.3 Å². The number of benzene rings is 2. The van der Waals surface area contributed by atoms with Crippen molar-refractivity contribution in [1.82, 2.24) is 14.5 Å². The molecule has 2 heterocycles. The molecular weight excluding hydrogens is 374 g/mol. The first kappa shape index (κ1) is 18.5. The van der Waals surface area contributed by atoms with Crippen LogP contribution in [0.15, 0.2) is 60.9 Å². The number of aromatic amines is 1. The van der Waals surface area contributed by atoms with Crippen molar-refractivity contribution in [2.75, 3.05) is 6.61 Å². The average Bonchev–Trinajstić information content (AvgIpc) is 3.33. The van der Waals surface area contributed by atoms with Crippen molar-refractivity contribution in [2.45, 2.75) is 20.1 Å². The molecule has 5 nitrogen and oxygen atoms in total. The molecule has 0 aliphatic rings. The first-order chi connectivity index (χ1) is 13.7. The van der Waals surface area contributed by atoms with Crippen molar-refractivity contribution in [2.24, 2.45) is 0 Å². The molecule has 1 N–H and O–H groups in total. The largest absolute Gasteiger partial charge is 0.375 e. The maximum atomic E-state index is 13.1. The summed E-state index contributed by atoms with van der Waals surface area (Å²) < 4.78 is 7.45. The lowest BCUT2D eigenvalue weighted by Gasteiger charge is -2.05. The summed E-state index contributed by atoms with van der Waals surface area (Å²) in [4.78, 5) is 20.4. The van der Waals surface area contributed by atoms with Gasteiger partial charge in [-0.25, -0.2) is 4.98 Å². The van der Waals surface area contributed by atoms with E-state index in [2.05, 4.69) is 14.5 Å². The van der Waals surface area contributed by atoms with Gasteiger partial charge in [0.1, 0.15) is 0 Å². The monoisotopic (exact) mass is 393 g/mol. The summed E-state index contributed by atoms with van der Waals surface area (Å²) in [5, 5.41) is 1.61. The minimum Gasteiger partial charge on any atom is -0.375 e. The SMILES string of the molecule is CCOCc1cnc(C(=O)c2cn(Cc3ccc(Cl)cc3)c3ccccc23)[nH]1. The van der Waals surface area contributed by atoms with Crippen LogP contribution < -0.4 is 0 Å². The van der Waals surface area contributed by atoms with E-state index in [0.29, 0.717) is 36.2 Å². The van der Waals surface area contributed by atoms with Gasteiger partial charge >= 0.3 is 0 Å². The molecule has 28 heavy (non-hydrogen) atoms. The predicted octanol–water partition coefficient (Wildman–Crippen LogP) is 4.83. The first-order valence-electron chi connectivity index (χ1n) is 9.14. The number of H-pyrrole nitrogens is 1. The number of nitrogens with zero attached hydrogens (tertiary/aromatic N) is 2. The Morgan fingerprint density at radius 2 is 1.96 bits per heavy atom. The van der Waals surface area contributed by atoms with Crippen molar-refractivity contribution >= 4 is 28.3 Å². The van der Waals surface area contributed by atoms with E-state index in [9.17, 15) is 4.79 Å². The van der Waals surface area contributed by atoms with Gasteiger partial charge in [-0.15, -0.1) is 0 Å². The van der Waals surface area contributed by atoms with Crippen LogP contribution in [-0.4, -0.2) is 26.9 Å². The zero-order valence-electron chi connectivity index (χ0n) is 15.5. The van der Waals surface area contributed by atoms with Gasteiger partial charge in [0.05, 0.1) is 24.1 Å². The normalized spacial score (nSPS) is 11.2. The first-order valence-corrected chi connectivity index (χ1v) is 9.52. The Morgan fingerprint density at radius 1 is 1.18 bits per heavy atom. The number of carbonyl (C=O) groups excluding carboxylic acids is 1. The van der Waals surface area contributed by atoms with E-state index in [-0.39, 0.29) is 5.78 Å². The molecule has 0 aliphatic carbocycles. The smallest absolute Gasteiger partial charge is 0.230 e. The molecule has 0 bridgehead atoms. The summed E-state index contributed by atoms with van der Waals surface area (Å²) in [7, 11) is 0. The fraction of sp³-hybridized carbons (Fsp3) is 0.182. The van der Waals surface area contributed by atoms with Crippen molar-refractivity contribution in [3.8, 4) is 0 Å². The molecule has 6 heteroatoms. The second kappa shape index (κ2) is 8.00. The molecule has 0 amide bonds. The number of para-hydroxylation sites is 1. The Morgan fingerprint density at radius 3 is 2.75 bits per heavy atom. The summed E-state index contributed by atoms with van der Waals surface area (Å²) in [5.74, 6) is 0.193. The van der Waals surface area contributed by atoms with Crippen LogP contribution >= 0.6 is 11.6 Å². The van der Waals surface area contributed by atoms with E-state index in [4.69, 9.17) is 16.3 Å². The van der Waals surface area contributed by atoms with E-state index in [1.165, 1.54) is 0 Å². The van der Waals surface area contributed by atoms with E-state index < -0.39 is 0 Å². The van der Waals surface area contributed by atoms with E-state index in [1.807, 2.05) is 61.7 Å². The van der Waals surface area contributed by atoms with Crippen LogP contribution in [0.1, 0.15) is 34.4 Å². The third-order valence-electron chi connectivity index (χ3n) is 4.60. The number of rotatable bonds is 7. The lowest BCUT2D eigenvalue weighted by molar-refractivity contribution is 0.103. The molecule has 0 saturated carbocycles. The lowest BCUT2D eigenvalue weighted by atomic mass is 10.1. The second-order valence-electron chi connectivity index (χ2n) is 6.54. The van der Waals surface area contributed by atoms with Gasteiger partial charge in [-0.3, -0.25) is 4.79 Å². The Kier molecular flexibility index (Phi) is 5.28. The minimum atomic E-state index is -0.131. The highest BCUT2D eigenvalue weighted by molar-refractivity contribution is 6.30. The molecule has 0 atom stereocenters. The van der Waals surface area contributed by atoms with Gasteiger partial charge in [-0.05, 0) is 30.7 Å². The van der Waals surface area contributed by atoms with E-state index in [1.54, 1.807) is 6.20 Å². The van der Waals surface area contributed by atoms with Crippen LogP contribution in [0, 0.1) is 0 Å². The highest BCUT2D eigenvalue weighted by Gasteiger charge is 2.19. The number of hydrogen-bond acceptors (Lipinski definition) is 3. The standard InChI is InChI=1S/C22H20ClN3O2/c1-2-28-14-17-11-24-22(25-17)21(27)19-13-26(20-6-4-3-5-18(19)20)12-15-7-9-16(23)10-8-15/h3-11,13H,2,12,14H2,1H3,(H,24,25). The van der Waals surface area contributed by atoms with Crippen LogP contribution in [0.4, 0.5) is 0 Å². The zero-order valence-corrected chi connectivity index (χ0v) is 16.2. The fourth-order valence-electron chi connectivity index (χ4n) is 3.23. The zero-order chi connectivity index (χ0) is 19.5. The summed E-state index contributed by atoms with van der Waals surface area (Å²) in [6, 6.07) is 15.6. The molecule has 0 fully saturated rings. The maximum absolute atomic E-state index is 13.1. The van der Waals surface area contributed by atoms with Crippen molar-refractivity contribution in [3.05, 3.63) is 88.6 Å². The Hall–Kier alpha value is -2.89. The molecule has 142 valence electrons. The van der Waals surface area contributed by atoms with Gasteiger partial charge in [0.25, 0.3) is 0 Å². The van der Waals surface area contributed by atoms with Crippen LogP contribution in [0.25, 0.3) is 10.9 Å². The second-order valence-corrected chi connectivity index (χ2v) is 6.97. The highest BCUT2D eigenvalue weighted by Crippen LogP contribution is 2.24. The van der Waals surface area contributed by atoms with Crippen molar-refractivity contribution < 1.29 is 9.53 Å². The minimum absolute atomic E-state index is 0.131. The average molecular weight is 394 g/mol. The summed E-state index contributed by atoms with van der Waals surface area (Å²) >= 11 is 5.99. The van der Waals surface area contributed by atoms with Gasteiger partial charge in [-0.1, -0.05) is 41.9 Å². The Labute approximate surface area is 167 Å². The number of ketones is 1. The molecule has 0 saturated heterocycles. The summed E-state index contributed by atoms with van der Waals surface area (Å²) in [5.41, 5.74) is 3.53. The molecule has 4 rings (SSSR count). The molecule has 0 unspecified atom stereocenters. The number of aromatic nitrogens is 3. The number of ether oxygens (including phenoxy) is 1. The van der Waals surface area contributed by atoms with Gasteiger partial charge in [0.15, 0.2) is 5.82 Å². The highest BCUT2D eigenvalue weighted by atomic mass is 35.5. The van der Waals surface area contributed by atoms with E-state index in [0.717, 1.165) is 22.2 Å². The van der Waals surface area contributed by atoms with Crippen LogP contribution in [0.2, 0.25) is 5.02 Å². The van der Waals surface area contributed by atoms with Crippen LogP contribution in [0.3, 0.4) is 0 Å². The molecule has 4 aromatic rings. The molecule has 2 aromatic carbocycles. The summed E-state index contributed by atoms with van der Waals surface area (Å²) in [6.45, 7) is 3.60. The number of halogens is 1. The molecule has 2 aromatic heterocycles. The predicted molar refractivity (Wildman–Crippen MR) is 110 cm³/mol. The van der Waals surface area contributed by atoms with Gasteiger partial charge < -0.3 is 14.3 Å². The number of imidazole rings is 1. The topological polar surface area (TPSA) is 59.9 Å². The number of fused-ring (bicyclic) bond motifs is 1. The van der Waals surface area contributed by atoms with Gasteiger partial charge in [-0.2, -0.15) is 0 Å².